The molecule has 0 heterocycles. The van der Waals surface area contributed by atoms with E-state index in [1.165, 1.54) is 0 Å². The first-order valence-electron chi connectivity index (χ1n) is 3.24. The summed E-state index contributed by atoms with van der Waals surface area (Å²) in [7, 11) is 0. The van der Waals surface area contributed by atoms with Crippen molar-refractivity contribution in [3.8, 4) is 0 Å². The Morgan fingerprint density at radius 1 is 1.73 bits per heavy atom. The van der Waals surface area contributed by atoms with E-state index in [0.717, 1.165) is 0 Å². The molecule has 5 heteroatoms. The molecule has 0 amide bonds. The van der Waals surface area contributed by atoms with Gasteiger partial charge in [-0.3, -0.25) is 0 Å². The van der Waals surface area contributed by atoms with E-state index in [2.05, 4.69) is 25.4 Å². The molecule has 0 N–H and O–H groups in total. The Morgan fingerprint density at radius 3 is 2.82 bits per heavy atom. The molecule has 0 bridgehead atoms. The molecule has 11 heavy (non-hydrogen) atoms. The van der Waals surface area contributed by atoms with Gasteiger partial charge in [0.05, 0.1) is 0 Å². The summed E-state index contributed by atoms with van der Waals surface area (Å²) >= 11 is 8.60. The summed E-state index contributed by atoms with van der Waals surface area (Å²) in [6, 6.07) is 0. The van der Waals surface area contributed by atoms with E-state index in [9.17, 15) is 4.79 Å². The van der Waals surface area contributed by atoms with Gasteiger partial charge in [-0.25, -0.2) is 4.79 Å². The first kappa shape index (κ1) is 11.0. The molecule has 66 valence electrons. The molecule has 0 aromatic carbocycles. The lowest BCUT2D eigenvalue weighted by Crippen LogP contribution is -2.14. The summed E-state index contributed by atoms with van der Waals surface area (Å²) in [6.07, 6.45) is -0.142. The van der Waals surface area contributed by atoms with Crippen LogP contribution in [0.3, 0.4) is 0 Å². The normalized spacial score (nSPS) is 12.3. The van der Waals surface area contributed by atoms with Crippen LogP contribution >= 0.6 is 27.5 Å². The third kappa shape index (κ3) is 6.44. The molecule has 0 rings (SSSR count). The highest BCUT2D eigenvalue weighted by Gasteiger charge is 2.09. The lowest BCUT2D eigenvalue weighted by molar-refractivity contribution is 0.0493. The summed E-state index contributed by atoms with van der Waals surface area (Å²) in [4.78, 5) is 10.6. The predicted molar refractivity (Wildman–Crippen MR) is 46.2 cm³/mol. The van der Waals surface area contributed by atoms with Gasteiger partial charge >= 0.3 is 6.16 Å². The zero-order chi connectivity index (χ0) is 8.69. The highest BCUT2D eigenvalue weighted by molar-refractivity contribution is 9.09. The van der Waals surface area contributed by atoms with Crippen molar-refractivity contribution in [3.63, 3.8) is 0 Å². The van der Waals surface area contributed by atoms with Crippen LogP contribution in [-0.2, 0) is 9.47 Å². The summed E-state index contributed by atoms with van der Waals surface area (Å²) in [5.41, 5.74) is -0.585. The van der Waals surface area contributed by atoms with Crippen LogP contribution in [0.1, 0.15) is 13.3 Å². The molecule has 0 radical (unpaired) electrons. The predicted octanol–water partition coefficient (Wildman–Crippen LogP) is 2.51. The standard InChI is InChI=1S/C6H10BrClO3/c1-2-5(8)11-6(9)10-4-3-7/h5H,2-4H2,1H3. The SMILES string of the molecule is CCC(Cl)OC(=O)OCCBr. The van der Waals surface area contributed by atoms with Crippen molar-refractivity contribution in [1.82, 2.24) is 0 Å². The lowest BCUT2D eigenvalue weighted by Gasteiger charge is -2.07. The average molecular weight is 245 g/mol. The number of alkyl halides is 2. The maximum absolute atomic E-state index is 10.6. The Bertz CT molecular complexity index is 120. The van der Waals surface area contributed by atoms with Crippen molar-refractivity contribution in [2.24, 2.45) is 0 Å². The minimum Gasteiger partial charge on any atom is -0.433 e. The second-order valence-corrected chi connectivity index (χ2v) is 3.00. The van der Waals surface area contributed by atoms with Crippen molar-refractivity contribution < 1.29 is 14.3 Å². The van der Waals surface area contributed by atoms with Crippen LogP contribution in [0.25, 0.3) is 0 Å². The number of hydrogen-bond donors (Lipinski definition) is 0. The summed E-state index contributed by atoms with van der Waals surface area (Å²) < 4.78 is 9.16. The van der Waals surface area contributed by atoms with E-state index < -0.39 is 11.7 Å². The zero-order valence-electron chi connectivity index (χ0n) is 6.18. The maximum Gasteiger partial charge on any atom is 0.509 e. The van der Waals surface area contributed by atoms with Gasteiger partial charge in [-0.1, -0.05) is 34.5 Å². The zero-order valence-corrected chi connectivity index (χ0v) is 8.52. The van der Waals surface area contributed by atoms with Crippen LogP contribution < -0.4 is 0 Å². The number of halogens is 2. The molecule has 0 aliphatic carbocycles. The van der Waals surface area contributed by atoms with Crippen molar-refractivity contribution in [2.45, 2.75) is 18.9 Å². The molecule has 1 atom stereocenters. The van der Waals surface area contributed by atoms with Gasteiger partial charge in [-0.05, 0) is 6.42 Å². The fourth-order valence-corrected chi connectivity index (χ4v) is 0.578. The minimum absolute atomic E-state index is 0.298. The molecule has 0 aromatic heterocycles. The van der Waals surface area contributed by atoms with Crippen molar-refractivity contribution >= 4 is 33.7 Å². The number of carbonyl (C=O) groups excluding carboxylic acids is 1. The lowest BCUT2D eigenvalue weighted by atomic mass is 10.5. The molecule has 0 aliphatic heterocycles. The van der Waals surface area contributed by atoms with Gasteiger partial charge in [-0.15, -0.1) is 0 Å². The maximum atomic E-state index is 10.6. The smallest absolute Gasteiger partial charge is 0.433 e. The molecular weight excluding hydrogens is 235 g/mol. The van der Waals surface area contributed by atoms with E-state index in [-0.39, 0.29) is 0 Å². The van der Waals surface area contributed by atoms with Gasteiger partial charge < -0.3 is 9.47 Å². The Labute approximate surface area is 79.1 Å². The molecule has 0 aromatic rings. The Morgan fingerprint density at radius 2 is 2.36 bits per heavy atom. The summed E-state index contributed by atoms with van der Waals surface area (Å²) in [6.45, 7) is 2.11. The van der Waals surface area contributed by atoms with Gasteiger partial charge in [-0.2, -0.15) is 0 Å². The topological polar surface area (TPSA) is 35.5 Å². The van der Waals surface area contributed by atoms with Crippen LogP contribution in [0.15, 0.2) is 0 Å². The number of rotatable bonds is 4. The van der Waals surface area contributed by atoms with E-state index in [0.29, 0.717) is 18.4 Å². The molecule has 0 fully saturated rings. The number of hydrogen-bond acceptors (Lipinski definition) is 3. The van der Waals surface area contributed by atoms with Crippen LogP contribution in [0.2, 0.25) is 0 Å². The third-order valence-electron chi connectivity index (χ3n) is 0.842. The molecule has 0 aliphatic rings. The fourth-order valence-electron chi connectivity index (χ4n) is 0.344. The van der Waals surface area contributed by atoms with Crippen LogP contribution in [0, 0.1) is 0 Å². The Balaban J connectivity index is 3.36. The third-order valence-corrected chi connectivity index (χ3v) is 1.56. The molecule has 0 saturated heterocycles. The molecule has 3 nitrogen and oxygen atoms in total. The second-order valence-electron chi connectivity index (χ2n) is 1.72. The monoisotopic (exact) mass is 244 g/mol. The van der Waals surface area contributed by atoms with E-state index >= 15 is 0 Å². The van der Waals surface area contributed by atoms with Crippen molar-refractivity contribution in [3.05, 3.63) is 0 Å². The number of ether oxygens (including phenoxy) is 2. The summed E-state index contributed by atoms with van der Waals surface area (Å²) in [5, 5.41) is 0.598. The van der Waals surface area contributed by atoms with Crippen molar-refractivity contribution in [2.75, 3.05) is 11.9 Å². The minimum atomic E-state index is -0.716. The van der Waals surface area contributed by atoms with E-state index in [1.54, 1.807) is 0 Å². The molecule has 0 saturated carbocycles. The van der Waals surface area contributed by atoms with Gasteiger partial charge in [0.2, 0.25) is 0 Å². The number of carbonyl (C=O) groups is 1. The Kier molecular flexibility index (Phi) is 6.76. The van der Waals surface area contributed by atoms with Gasteiger partial charge in [0, 0.05) is 5.33 Å². The highest BCUT2D eigenvalue weighted by atomic mass is 79.9. The van der Waals surface area contributed by atoms with E-state index in [4.69, 9.17) is 11.6 Å². The summed E-state index contributed by atoms with van der Waals surface area (Å²) in [5.74, 6) is 0. The molecule has 0 spiro atoms. The van der Waals surface area contributed by atoms with Crippen molar-refractivity contribution in [1.29, 1.82) is 0 Å². The average Bonchev–Trinajstić information content (AvgIpc) is 2.00. The van der Waals surface area contributed by atoms with Crippen LogP contribution in [0.4, 0.5) is 4.79 Å². The second kappa shape index (κ2) is 6.73. The van der Waals surface area contributed by atoms with Crippen LogP contribution in [-0.4, -0.2) is 23.7 Å². The van der Waals surface area contributed by atoms with Crippen LogP contribution in [0.5, 0.6) is 0 Å². The molecular formula is C6H10BrClO3. The first-order chi connectivity index (χ1) is 5.20. The van der Waals surface area contributed by atoms with Gasteiger partial charge in [0.25, 0.3) is 0 Å². The molecule has 1 unspecified atom stereocenters. The van der Waals surface area contributed by atoms with Gasteiger partial charge in [0.15, 0.2) is 5.56 Å². The highest BCUT2D eigenvalue weighted by Crippen LogP contribution is 2.04. The largest absolute Gasteiger partial charge is 0.509 e. The first-order valence-corrected chi connectivity index (χ1v) is 4.80. The Hall–Kier alpha value is 0.0400. The quantitative estimate of drug-likeness (QED) is 0.564. The van der Waals surface area contributed by atoms with E-state index in [1.807, 2.05) is 6.92 Å². The van der Waals surface area contributed by atoms with Gasteiger partial charge in [0.1, 0.15) is 6.61 Å². The fraction of sp³-hybridized carbons (Fsp3) is 0.833.